The van der Waals surface area contributed by atoms with E-state index in [4.69, 9.17) is 4.52 Å². The second-order valence-electron chi connectivity index (χ2n) is 5.37. The van der Waals surface area contributed by atoms with Crippen molar-refractivity contribution in [1.82, 2.24) is 5.16 Å². The zero-order chi connectivity index (χ0) is 14.8. The van der Waals surface area contributed by atoms with Gasteiger partial charge in [-0.2, -0.15) is 0 Å². The number of anilines is 1. The normalized spacial score (nSPS) is 11.4. The molecule has 2 rings (SSSR count). The van der Waals surface area contributed by atoms with Crippen LogP contribution in [0.25, 0.3) is 0 Å². The van der Waals surface area contributed by atoms with Crippen LogP contribution in [-0.2, 0) is 16.6 Å². The average molecular weight is 272 g/mol. The van der Waals surface area contributed by atoms with Crippen molar-refractivity contribution in [3.05, 3.63) is 47.2 Å². The van der Waals surface area contributed by atoms with Crippen LogP contribution >= 0.6 is 0 Å². The van der Waals surface area contributed by atoms with E-state index in [1.807, 2.05) is 58.0 Å². The van der Waals surface area contributed by atoms with Crippen LogP contribution in [0.2, 0.25) is 0 Å². The van der Waals surface area contributed by atoms with Crippen LogP contribution in [0.1, 0.15) is 37.6 Å². The highest BCUT2D eigenvalue weighted by Crippen LogP contribution is 2.27. The highest BCUT2D eigenvalue weighted by molar-refractivity contribution is 5.98. The van der Waals surface area contributed by atoms with E-state index in [0.717, 1.165) is 23.2 Å². The molecule has 0 aliphatic heterocycles. The molecule has 0 fully saturated rings. The lowest BCUT2D eigenvalue weighted by Gasteiger charge is -2.23. The Morgan fingerprint density at radius 3 is 2.55 bits per heavy atom. The van der Waals surface area contributed by atoms with Crippen LogP contribution in [0.3, 0.4) is 0 Å². The molecular weight excluding hydrogens is 252 g/mol. The van der Waals surface area contributed by atoms with E-state index in [-0.39, 0.29) is 5.91 Å². The highest BCUT2D eigenvalue weighted by atomic mass is 16.5. The summed E-state index contributed by atoms with van der Waals surface area (Å²) in [6.45, 7) is 7.68. The summed E-state index contributed by atoms with van der Waals surface area (Å²) in [6.07, 6.45) is 0.775. The molecule has 1 amide bonds. The third kappa shape index (κ3) is 2.59. The SMILES string of the molecule is CCc1c(C)noc1NC(=O)C(C)(C)c1ccccc1. The maximum Gasteiger partial charge on any atom is 0.236 e. The number of nitrogens with zero attached hydrogens (tertiary/aromatic N) is 1. The number of aromatic nitrogens is 1. The number of aryl methyl sites for hydroxylation is 1. The van der Waals surface area contributed by atoms with E-state index < -0.39 is 5.41 Å². The van der Waals surface area contributed by atoms with Crippen LogP contribution in [0.15, 0.2) is 34.9 Å². The molecule has 0 radical (unpaired) electrons. The van der Waals surface area contributed by atoms with E-state index in [9.17, 15) is 4.79 Å². The average Bonchev–Trinajstić information content (AvgIpc) is 2.80. The van der Waals surface area contributed by atoms with Gasteiger partial charge in [-0.05, 0) is 32.8 Å². The van der Waals surface area contributed by atoms with Gasteiger partial charge in [0.25, 0.3) is 0 Å². The summed E-state index contributed by atoms with van der Waals surface area (Å²) in [5.74, 6) is 0.355. The van der Waals surface area contributed by atoms with Crippen LogP contribution in [0, 0.1) is 6.92 Å². The number of amides is 1. The third-order valence-corrected chi connectivity index (χ3v) is 3.63. The Bertz CT molecular complexity index is 600. The molecule has 0 aliphatic carbocycles. The molecular formula is C16H20N2O2. The zero-order valence-corrected chi connectivity index (χ0v) is 12.4. The summed E-state index contributed by atoms with van der Waals surface area (Å²) in [5, 5.41) is 6.76. The molecule has 0 saturated carbocycles. The molecule has 20 heavy (non-hydrogen) atoms. The Morgan fingerprint density at radius 1 is 1.30 bits per heavy atom. The number of benzene rings is 1. The number of rotatable bonds is 4. The van der Waals surface area contributed by atoms with Crippen LogP contribution in [0.4, 0.5) is 5.88 Å². The maximum atomic E-state index is 12.5. The number of nitrogens with one attached hydrogen (secondary N) is 1. The maximum absolute atomic E-state index is 12.5. The molecule has 0 unspecified atom stereocenters. The second-order valence-corrected chi connectivity index (χ2v) is 5.37. The van der Waals surface area contributed by atoms with E-state index in [0.29, 0.717) is 5.88 Å². The van der Waals surface area contributed by atoms with Gasteiger partial charge in [-0.1, -0.05) is 42.4 Å². The fraction of sp³-hybridized carbons (Fsp3) is 0.375. The first-order chi connectivity index (χ1) is 9.46. The van der Waals surface area contributed by atoms with Crippen LogP contribution in [-0.4, -0.2) is 11.1 Å². The zero-order valence-electron chi connectivity index (χ0n) is 12.4. The number of carbonyl (C=O) groups is 1. The topological polar surface area (TPSA) is 55.1 Å². The Morgan fingerprint density at radius 2 is 1.95 bits per heavy atom. The molecule has 4 heteroatoms. The second kappa shape index (κ2) is 5.49. The predicted molar refractivity (Wildman–Crippen MR) is 78.7 cm³/mol. The summed E-state index contributed by atoms with van der Waals surface area (Å²) in [5.41, 5.74) is 2.10. The lowest BCUT2D eigenvalue weighted by atomic mass is 9.84. The largest absolute Gasteiger partial charge is 0.338 e. The van der Waals surface area contributed by atoms with Crippen molar-refractivity contribution >= 4 is 11.8 Å². The summed E-state index contributed by atoms with van der Waals surface area (Å²) < 4.78 is 5.21. The molecule has 0 atom stereocenters. The van der Waals surface area contributed by atoms with E-state index >= 15 is 0 Å². The molecule has 106 valence electrons. The van der Waals surface area contributed by atoms with Gasteiger partial charge in [-0.25, -0.2) is 0 Å². The van der Waals surface area contributed by atoms with Crippen molar-refractivity contribution in [2.75, 3.05) is 5.32 Å². The molecule has 0 saturated heterocycles. The van der Waals surface area contributed by atoms with Crippen molar-refractivity contribution in [1.29, 1.82) is 0 Å². The van der Waals surface area contributed by atoms with Gasteiger partial charge in [-0.3, -0.25) is 10.1 Å². The van der Waals surface area contributed by atoms with Crippen molar-refractivity contribution in [2.45, 2.75) is 39.5 Å². The molecule has 0 bridgehead atoms. The summed E-state index contributed by atoms with van der Waals surface area (Å²) >= 11 is 0. The minimum atomic E-state index is -0.632. The molecule has 1 N–H and O–H groups in total. The minimum absolute atomic E-state index is 0.102. The molecule has 4 nitrogen and oxygen atoms in total. The van der Waals surface area contributed by atoms with Gasteiger partial charge < -0.3 is 4.52 Å². The lowest BCUT2D eigenvalue weighted by molar-refractivity contribution is -0.120. The van der Waals surface area contributed by atoms with E-state index in [1.54, 1.807) is 0 Å². The first-order valence-corrected chi connectivity index (χ1v) is 6.79. The Labute approximate surface area is 119 Å². The monoisotopic (exact) mass is 272 g/mol. The quantitative estimate of drug-likeness (QED) is 0.927. The molecule has 1 aromatic heterocycles. The lowest BCUT2D eigenvalue weighted by Crippen LogP contribution is -2.34. The van der Waals surface area contributed by atoms with Crippen LogP contribution in [0.5, 0.6) is 0 Å². The smallest absolute Gasteiger partial charge is 0.236 e. The Balaban J connectivity index is 2.23. The number of hydrogen-bond donors (Lipinski definition) is 1. The van der Waals surface area contributed by atoms with Crippen molar-refractivity contribution in [2.24, 2.45) is 0 Å². The summed E-state index contributed by atoms with van der Waals surface area (Å²) in [6, 6.07) is 9.70. The fourth-order valence-electron chi connectivity index (χ4n) is 2.15. The molecule has 1 aromatic carbocycles. The third-order valence-electron chi connectivity index (χ3n) is 3.63. The van der Waals surface area contributed by atoms with Gasteiger partial charge in [0.05, 0.1) is 11.1 Å². The van der Waals surface area contributed by atoms with Crippen molar-refractivity contribution in [3.8, 4) is 0 Å². The summed E-state index contributed by atoms with van der Waals surface area (Å²) in [7, 11) is 0. The van der Waals surface area contributed by atoms with E-state index in [1.165, 1.54) is 0 Å². The fourth-order valence-corrected chi connectivity index (χ4v) is 2.15. The number of hydrogen-bond acceptors (Lipinski definition) is 3. The van der Waals surface area contributed by atoms with Gasteiger partial charge in [0.15, 0.2) is 0 Å². The molecule has 1 heterocycles. The predicted octanol–water partition coefficient (Wildman–Crippen LogP) is 3.46. The molecule has 0 spiro atoms. The Hall–Kier alpha value is -2.10. The van der Waals surface area contributed by atoms with Gasteiger partial charge in [0.1, 0.15) is 0 Å². The minimum Gasteiger partial charge on any atom is -0.338 e. The number of carbonyl (C=O) groups excluding carboxylic acids is 1. The van der Waals surface area contributed by atoms with Gasteiger partial charge in [-0.15, -0.1) is 0 Å². The highest BCUT2D eigenvalue weighted by Gasteiger charge is 2.31. The first kappa shape index (κ1) is 14.3. The molecule has 0 aliphatic rings. The van der Waals surface area contributed by atoms with Gasteiger partial charge >= 0.3 is 0 Å². The Kier molecular flexibility index (Phi) is 3.93. The first-order valence-electron chi connectivity index (χ1n) is 6.79. The van der Waals surface area contributed by atoms with Crippen LogP contribution < -0.4 is 5.32 Å². The van der Waals surface area contributed by atoms with Crippen molar-refractivity contribution in [3.63, 3.8) is 0 Å². The van der Waals surface area contributed by atoms with Crippen molar-refractivity contribution < 1.29 is 9.32 Å². The van der Waals surface area contributed by atoms with E-state index in [2.05, 4.69) is 10.5 Å². The van der Waals surface area contributed by atoms with Gasteiger partial charge in [0.2, 0.25) is 11.8 Å². The van der Waals surface area contributed by atoms with Gasteiger partial charge in [0, 0.05) is 5.56 Å². The standard InChI is InChI=1S/C16H20N2O2/c1-5-13-11(2)18-20-14(13)17-15(19)16(3,4)12-9-7-6-8-10-12/h6-10H,5H2,1-4H3,(H,17,19). The molecule has 2 aromatic rings. The summed E-state index contributed by atoms with van der Waals surface area (Å²) in [4.78, 5) is 12.5.